The molecule has 0 radical (unpaired) electrons. The van der Waals surface area contributed by atoms with E-state index in [0.717, 1.165) is 17.1 Å². The SMILES string of the molecule is C/C=C/C(=O)c1c(O)c(OC)c2occc2c1OC.COc1c(C(=O)/C=C/c2ccccc2)c(O)c(OC)c2occc12.COc1ccccc1OC. The number of ether oxygens (including phenoxy) is 6. The van der Waals surface area contributed by atoms with Crippen molar-refractivity contribution in [1.29, 1.82) is 0 Å². The van der Waals surface area contributed by atoms with Gasteiger partial charge < -0.3 is 47.5 Å². The number of hydrogen-bond acceptors (Lipinski definition) is 12. The van der Waals surface area contributed by atoms with Gasteiger partial charge in [0, 0.05) is 0 Å². The number of fused-ring (bicyclic) bond motifs is 2. The Morgan fingerprint density at radius 1 is 0.547 bits per heavy atom. The molecule has 12 heteroatoms. The number of ketones is 2. The first kappa shape index (κ1) is 39.0. The first-order valence-corrected chi connectivity index (χ1v) is 16.0. The summed E-state index contributed by atoms with van der Waals surface area (Å²) in [6, 6.07) is 20.2. The Morgan fingerprint density at radius 2 is 0.962 bits per heavy atom. The molecule has 12 nitrogen and oxygen atoms in total. The quantitative estimate of drug-likeness (QED) is 0.0970. The minimum Gasteiger partial charge on any atom is -0.504 e. The van der Waals surface area contributed by atoms with Crippen molar-refractivity contribution in [3.63, 3.8) is 0 Å². The highest BCUT2D eigenvalue weighted by Gasteiger charge is 2.27. The molecule has 0 saturated carbocycles. The lowest BCUT2D eigenvalue weighted by Gasteiger charge is -2.12. The predicted octanol–water partition coefficient (Wildman–Crippen LogP) is 8.67. The van der Waals surface area contributed by atoms with E-state index < -0.39 is 5.78 Å². The van der Waals surface area contributed by atoms with Gasteiger partial charge in [0.1, 0.15) is 22.6 Å². The Bertz CT molecular complexity index is 2200. The smallest absolute Gasteiger partial charge is 0.205 e. The van der Waals surface area contributed by atoms with Crippen LogP contribution in [0.15, 0.2) is 106 Å². The van der Waals surface area contributed by atoms with Crippen LogP contribution in [0.4, 0.5) is 0 Å². The first-order valence-electron chi connectivity index (χ1n) is 16.0. The van der Waals surface area contributed by atoms with Crippen molar-refractivity contribution >= 4 is 39.6 Å². The molecule has 0 atom stereocenters. The fourth-order valence-corrected chi connectivity index (χ4v) is 5.36. The summed E-state index contributed by atoms with van der Waals surface area (Å²) in [4.78, 5) is 24.7. The largest absolute Gasteiger partial charge is 0.504 e. The third-order valence-electron chi connectivity index (χ3n) is 7.73. The van der Waals surface area contributed by atoms with Gasteiger partial charge in [-0.2, -0.15) is 0 Å². The topological polar surface area (TPSA) is 156 Å². The molecule has 0 aliphatic carbocycles. The second kappa shape index (κ2) is 18.4. The number of phenolic OH excluding ortho intramolecular Hbond substituents is 2. The van der Waals surface area contributed by atoms with E-state index in [4.69, 9.17) is 37.3 Å². The maximum atomic E-state index is 12.6. The number of benzene rings is 4. The van der Waals surface area contributed by atoms with Crippen LogP contribution in [0.3, 0.4) is 0 Å². The van der Waals surface area contributed by atoms with Crippen LogP contribution in [-0.2, 0) is 0 Å². The van der Waals surface area contributed by atoms with Crippen molar-refractivity contribution in [2.24, 2.45) is 0 Å². The fraction of sp³-hybridized carbons (Fsp3) is 0.171. The Balaban J connectivity index is 0.000000192. The molecule has 6 rings (SSSR count). The van der Waals surface area contributed by atoms with E-state index in [1.807, 2.05) is 54.6 Å². The summed E-state index contributed by atoms with van der Waals surface area (Å²) >= 11 is 0. The van der Waals surface area contributed by atoms with Gasteiger partial charge in [-0.3, -0.25) is 9.59 Å². The lowest BCUT2D eigenvalue weighted by molar-refractivity contribution is 0.103. The number of carbonyl (C=O) groups excluding carboxylic acids is 2. The van der Waals surface area contributed by atoms with Crippen LogP contribution >= 0.6 is 0 Å². The molecule has 2 heterocycles. The Labute approximate surface area is 306 Å². The zero-order valence-electron chi connectivity index (χ0n) is 30.3. The van der Waals surface area contributed by atoms with Crippen LogP contribution < -0.4 is 28.4 Å². The molecular formula is C41H40O12. The molecule has 0 bridgehead atoms. The molecule has 0 spiro atoms. The number of hydrogen-bond donors (Lipinski definition) is 2. The minimum atomic E-state index is -0.394. The zero-order valence-corrected chi connectivity index (χ0v) is 30.3. The fourth-order valence-electron chi connectivity index (χ4n) is 5.36. The Kier molecular flexibility index (Phi) is 13.5. The van der Waals surface area contributed by atoms with Crippen LogP contribution in [0.2, 0.25) is 0 Å². The summed E-state index contributed by atoms with van der Waals surface area (Å²) in [7, 11) is 8.91. The molecular weight excluding hydrogens is 684 g/mol. The van der Waals surface area contributed by atoms with Crippen molar-refractivity contribution in [1.82, 2.24) is 0 Å². The molecule has 0 saturated heterocycles. The molecule has 6 aromatic rings. The van der Waals surface area contributed by atoms with Crippen LogP contribution in [-0.4, -0.2) is 64.4 Å². The molecule has 0 aliphatic heterocycles. The highest BCUT2D eigenvalue weighted by molar-refractivity contribution is 6.15. The molecule has 4 aromatic carbocycles. The van der Waals surface area contributed by atoms with Gasteiger partial charge in [-0.15, -0.1) is 0 Å². The van der Waals surface area contributed by atoms with Gasteiger partial charge >= 0.3 is 0 Å². The van der Waals surface area contributed by atoms with E-state index in [9.17, 15) is 19.8 Å². The van der Waals surface area contributed by atoms with E-state index >= 15 is 0 Å². The van der Waals surface area contributed by atoms with Crippen molar-refractivity contribution in [2.45, 2.75) is 6.92 Å². The van der Waals surface area contributed by atoms with E-state index in [1.165, 1.54) is 53.1 Å². The summed E-state index contributed by atoms with van der Waals surface area (Å²) in [6.45, 7) is 1.72. The number of carbonyl (C=O) groups is 2. The van der Waals surface area contributed by atoms with Crippen molar-refractivity contribution < 1.29 is 57.1 Å². The standard InChI is InChI=1S/C19H16O5.C14H14O5.C8H10O2/c1-22-17-13-10-11-24-18(13)19(23-2)16(21)15(17)14(20)9-8-12-6-4-3-5-7-12;1-4-5-9(15)10-11(16)14(18-3)13-8(6-7-19-13)12(10)17-2;1-9-7-5-3-4-6-8(7)10-2/h3-11,21H,1-2H3;4-7,16H,1-3H3;3-6H,1-2H3/b9-8+;5-4+;. The second-order valence-corrected chi connectivity index (χ2v) is 10.7. The summed E-state index contributed by atoms with van der Waals surface area (Å²) < 4.78 is 41.5. The van der Waals surface area contributed by atoms with Crippen LogP contribution in [0.1, 0.15) is 33.2 Å². The van der Waals surface area contributed by atoms with Gasteiger partial charge in [0.15, 0.2) is 45.7 Å². The number of phenols is 2. The highest BCUT2D eigenvalue weighted by Crippen LogP contribution is 2.47. The molecule has 53 heavy (non-hydrogen) atoms. The van der Waals surface area contributed by atoms with Gasteiger partial charge in [0.25, 0.3) is 0 Å². The van der Waals surface area contributed by atoms with Crippen molar-refractivity contribution in [3.8, 4) is 46.0 Å². The molecule has 0 unspecified atom stereocenters. The Hall–Kier alpha value is -6.82. The maximum absolute atomic E-state index is 12.6. The van der Waals surface area contributed by atoms with Crippen LogP contribution in [0.5, 0.6) is 46.0 Å². The van der Waals surface area contributed by atoms with Gasteiger partial charge in [0.2, 0.25) is 11.5 Å². The maximum Gasteiger partial charge on any atom is 0.205 e. The van der Waals surface area contributed by atoms with Crippen LogP contribution in [0.25, 0.3) is 28.0 Å². The van der Waals surface area contributed by atoms with E-state index in [0.29, 0.717) is 21.9 Å². The third kappa shape index (κ3) is 8.39. The average molecular weight is 725 g/mol. The number of allylic oxidation sites excluding steroid dienone is 3. The number of rotatable bonds is 11. The number of methoxy groups -OCH3 is 6. The van der Waals surface area contributed by atoms with Crippen LogP contribution in [0, 0.1) is 0 Å². The summed E-state index contributed by atoms with van der Waals surface area (Å²) in [6.07, 6.45) is 8.89. The monoisotopic (exact) mass is 724 g/mol. The molecule has 2 aromatic heterocycles. The van der Waals surface area contributed by atoms with Crippen molar-refractivity contribution in [3.05, 3.63) is 114 Å². The van der Waals surface area contributed by atoms with E-state index in [1.54, 1.807) is 45.4 Å². The average Bonchev–Trinajstić information content (AvgIpc) is 3.88. The minimum absolute atomic E-state index is 0.0374. The number of para-hydroxylation sites is 2. The molecule has 0 aliphatic rings. The molecule has 0 amide bonds. The van der Waals surface area contributed by atoms with Gasteiger partial charge in [-0.1, -0.05) is 54.6 Å². The lowest BCUT2D eigenvalue weighted by atomic mass is 10.0. The van der Waals surface area contributed by atoms with E-state index in [-0.39, 0.29) is 51.4 Å². The second-order valence-electron chi connectivity index (χ2n) is 10.7. The molecule has 2 N–H and O–H groups in total. The van der Waals surface area contributed by atoms with E-state index in [2.05, 4.69) is 0 Å². The third-order valence-corrected chi connectivity index (χ3v) is 7.73. The Morgan fingerprint density at radius 3 is 1.36 bits per heavy atom. The number of furan rings is 2. The molecule has 0 fully saturated rings. The summed E-state index contributed by atoms with van der Waals surface area (Å²) in [5.41, 5.74) is 1.65. The van der Waals surface area contributed by atoms with Gasteiger partial charge in [-0.05, 0) is 48.9 Å². The number of aromatic hydroxyl groups is 2. The highest BCUT2D eigenvalue weighted by atomic mass is 16.5. The van der Waals surface area contributed by atoms with Gasteiger partial charge in [-0.25, -0.2) is 0 Å². The normalized spacial score (nSPS) is 10.7. The molecule has 276 valence electrons. The van der Waals surface area contributed by atoms with Gasteiger partial charge in [0.05, 0.1) is 66.0 Å². The zero-order chi connectivity index (χ0) is 38.5. The lowest BCUT2D eigenvalue weighted by Crippen LogP contribution is -2.02. The first-order chi connectivity index (χ1) is 25.7. The summed E-state index contributed by atoms with van der Waals surface area (Å²) in [5.74, 6) is 0.929. The predicted molar refractivity (Wildman–Crippen MR) is 200 cm³/mol. The summed E-state index contributed by atoms with van der Waals surface area (Å²) in [5, 5.41) is 21.8. The van der Waals surface area contributed by atoms with Crippen molar-refractivity contribution in [2.75, 3.05) is 42.7 Å².